The molecule has 0 saturated heterocycles. The van der Waals surface area contributed by atoms with Crippen molar-refractivity contribution < 1.29 is 9.18 Å². The fraction of sp³-hybridized carbons (Fsp3) is 0.562. The molecule has 5 heteroatoms. The zero-order chi connectivity index (χ0) is 15.8. The van der Waals surface area contributed by atoms with Crippen LogP contribution in [0.5, 0.6) is 0 Å². The second-order valence-electron chi connectivity index (χ2n) is 5.42. The maximum atomic E-state index is 14.3. The highest BCUT2D eigenvalue weighted by molar-refractivity contribution is 5.81. The predicted molar refractivity (Wildman–Crippen MR) is 84.9 cm³/mol. The van der Waals surface area contributed by atoms with Crippen LogP contribution in [0.15, 0.2) is 18.2 Å². The Morgan fingerprint density at radius 2 is 2.10 bits per heavy atom. The Morgan fingerprint density at radius 3 is 2.62 bits per heavy atom. The lowest BCUT2D eigenvalue weighted by Gasteiger charge is -2.24. The second-order valence-corrected chi connectivity index (χ2v) is 5.42. The number of nitrogens with zero attached hydrogens (tertiary/aromatic N) is 1. The van der Waals surface area contributed by atoms with Crippen LogP contribution in [-0.2, 0) is 11.3 Å². The molecule has 0 unspecified atom stereocenters. The first kappa shape index (κ1) is 17.4. The fourth-order valence-electron chi connectivity index (χ4n) is 2.05. The van der Waals surface area contributed by atoms with E-state index in [0.29, 0.717) is 24.8 Å². The average Bonchev–Trinajstić information content (AvgIpc) is 2.44. The van der Waals surface area contributed by atoms with E-state index in [9.17, 15) is 9.18 Å². The van der Waals surface area contributed by atoms with E-state index in [-0.39, 0.29) is 18.3 Å². The number of benzene rings is 1. The lowest BCUT2D eigenvalue weighted by Crippen LogP contribution is -2.36. The minimum atomic E-state index is -0.282. The van der Waals surface area contributed by atoms with Crippen LogP contribution in [0, 0.1) is 5.82 Å². The van der Waals surface area contributed by atoms with Crippen molar-refractivity contribution in [1.82, 2.24) is 10.6 Å². The monoisotopic (exact) mass is 295 g/mol. The summed E-state index contributed by atoms with van der Waals surface area (Å²) in [6.45, 7) is 7.57. The topological polar surface area (TPSA) is 44.4 Å². The Hall–Kier alpha value is -1.62. The number of rotatable bonds is 8. The van der Waals surface area contributed by atoms with Crippen LogP contribution in [0.1, 0.15) is 32.8 Å². The van der Waals surface area contributed by atoms with Gasteiger partial charge in [-0.05, 0) is 24.1 Å². The van der Waals surface area contributed by atoms with Gasteiger partial charge >= 0.3 is 0 Å². The molecule has 4 nitrogen and oxygen atoms in total. The summed E-state index contributed by atoms with van der Waals surface area (Å²) in [7, 11) is 1.59. The Bertz CT molecular complexity index is 463. The lowest BCUT2D eigenvalue weighted by atomic mass is 10.1. The van der Waals surface area contributed by atoms with E-state index in [2.05, 4.69) is 24.5 Å². The summed E-state index contributed by atoms with van der Waals surface area (Å²) in [6, 6.07) is 5.56. The summed E-state index contributed by atoms with van der Waals surface area (Å²) < 4.78 is 14.3. The summed E-state index contributed by atoms with van der Waals surface area (Å²) in [6.07, 6.45) is 0.854. The van der Waals surface area contributed by atoms with Gasteiger partial charge in [0.15, 0.2) is 0 Å². The second kappa shape index (κ2) is 8.62. The van der Waals surface area contributed by atoms with Gasteiger partial charge in [-0.25, -0.2) is 4.39 Å². The smallest absolute Gasteiger partial charge is 0.239 e. The molecule has 1 aromatic rings. The molecule has 0 aliphatic heterocycles. The van der Waals surface area contributed by atoms with E-state index in [1.54, 1.807) is 18.0 Å². The van der Waals surface area contributed by atoms with Crippen molar-refractivity contribution in [1.29, 1.82) is 0 Å². The third kappa shape index (κ3) is 5.71. The van der Waals surface area contributed by atoms with Gasteiger partial charge in [0.25, 0.3) is 0 Å². The van der Waals surface area contributed by atoms with Gasteiger partial charge in [-0.2, -0.15) is 0 Å². The van der Waals surface area contributed by atoms with Crippen molar-refractivity contribution in [2.24, 2.45) is 0 Å². The molecule has 0 bridgehead atoms. The largest absolute Gasteiger partial charge is 0.360 e. The first-order chi connectivity index (χ1) is 9.97. The Kier molecular flexibility index (Phi) is 7.15. The van der Waals surface area contributed by atoms with Crippen LogP contribution >= 0.6 is 0 Å². The molecule has 21 heavy (non-hydrogen) atoms. The Morgan fingerprint density at radius 1 is 1.38 bits per heavy atom. The molecule has 0 fully saturated rings. The highest BCUT2D eigenvalue weighted by Gasteiger charge is 2.14. The van der Waals surface area contributed by atoms with Crippen molar-refractivity contribution in [2.45, 2.75) is 39.8 Å². The van der Waals surface area contributed by atoms with Gasteiger partial charge in [-0.15, -0.1) is 0 Å². The van der Waals surface area contributed by atoms with Gasteiger partial charge in [0, 0.05) is 26.2 Å². The Labute approximate surface area is 126 Å². The van der Waals surface area contributed by atoms with Gasteiger partial charge in [0.2, 0.25) is 5.91 Å². The first-order valence-electron chi connectivity index (χ1n) is 7.45. The molecule has 1 aromatic carbocycles. The highest BCUT2D eigenvalue weighted by Crippen LogP contribution is 2.21. The molecule has 0 radical (unpaired) electrons. The van der Waals surface area contributed by atoms with Crippen molar-refractivity contribution >= 4 is 11.6 Å². The van der Waals surface area contributed by atoms with Gasteiger partial charge < -0.3 is 15.5 Å². The van der Waals surface area contributed by atoms with Crippen molar-refractivity contribution in [2.75, 3.05) is 25.0 Å². The number of carbonyl (C=O) groups is 1. The molecule has 1 amide bonds. The zero-order valence-electron chi connectivity index (χ0n) is 13.4. The number of anilines is 1. The summed E-state index contributed by atoms with van der Waals surface area (Å²) in [4.78, 5) is 13.3. The molecular weight excluding hydrogens is 269 g/mol. The number of amides is 1. The number of halogens is 1. The third-order valence-corrected chi connectivity index (χ3v) is 3.17. The van der Waals surface area contributed by atoms with Gasteiger partial charge in [0.05, 0.1) is 12.2 Å². The van der Waals surface area contributed by atoms with E-state index >= 15 is 0 Å². The van der Waals surface area contributed by atoms with E-state index in [1.807, 2.05) is 13.0 Å². The van der Waals surface area contributed by atoms with Crippen molar-refractivity contribution in [3.8, 4) is 0 Å². The summed E-state index contributed by atoms with van der Waals surface area (Å²) in [5.74, 6) is -0.399. The molecule has 0 aromatic heterocycles. The lowest BCUT2D eigenvalue weighted by molar-refractivity contribution is -0.119. The molecule has 0 spiro atoms. The zero-order valence-corrected chi connectivity index (χ0v) is 13.4. The summed E-state index contributed by atoms with van der Waals surface area (Å²) in [5, 5.41) is 5.83. The molecule has 118 valence electrons. The number of hydrogen-bond acceptors (Lipinski definition) is 3. The molecule has 0 aliphatic carbocycles. The fourth-order valence-corrected chi connectivity index (χ4v) is 2.05. The van der Waals surface area contributed by atoms with Crippen LogP contribution < -0.4 is 15.5 Å². The SMILES string of the molecule is CCCN(CC(=O)NC)c1ccc(CNC(C)C)cc1F. The number of nitrogens with one attached hydrogen (secondary N) is 2. The number of hydrogen-bond donors (Lipinski definition) is 2. The van der Waals surface area contributed by atoms with Crippen molar-refractivity contribution in [3.05, 3.63) is 29.6 Å². The van der Waals surface area contributed by atoms with Crippen molar-refractivity contribution in [3.63, 3.8) is 0 Å². The van der Waals surface area contributed by atoms with Gasteiger partial charge in [-0.1, -0.05) is 26.8 Å². The van der Waals surface area contributed by atoms with Crippen LogP contribution in [0.3, 0.4) is 0 Å². The molecule has 0 heterocycles. The third-order valence-electron chi connectivity index (χ3n) is 3.17. The molecule has 0 saturated carbocycles. The quantitative estimate of drug-likeness (QED) is 0.773. The normalized spacial score (nSPS) is 10.8. The van der Waals surface area contributed by atoms with Crippen LogP contribution in [0.25, 0.3) is 0 Å². The van der Waals surface area contributed by atoms with Crippen LogP contribution in [0.2, 0.25) is 0 Å². The summed E-state index contributed by atoms with van der Waals surface area (Å²) >= 11 is 0. The van der Waals surface area contributed by atoms with Gasteiger partial charge in [0.1, 0.15) is 5.82 Å². The standard InChI is InChI=1S/C16H26FN3O/c1-5-8-20(11-16(21)18-4)15-7-6-13(9-14(15)17)10-19-12(2)3/h6-7,9,12,19H,5,8,10-11H2,1-4H3,(H,18,21). The molecule has 0 atom stereocenters. The minimum absolute atomic E-state index is 0.117. The van der Waals surface area contributed by atoms with E-state index in [1.165, 1.54) is 6.07 Å². The van der Waals surface area contributed by atoms with Crippen LogP contribution in [0.4, 0.5) is 10.1 Å². The molecule has 1 rings (SSSR count). The molecular formula is C16H26FN3O. The molecule has 2 N–H and O–H groups in total. The average molecular weight is 295 g/mol. The minimum Gasteiger partial charge on any atom is -0.360 e. The van der Waals surface area contributed by atoms with Crippen LogP contribution in [-0.4, -0.2) is 32.1 Å². The van der Waals surface area contributed by atoms with E-state index < -0.39 is 0 Å². The predicted octanol–water partition coefficient (Wildman–Crippen LogP) is 2.29. The first-order valence-corrected chi connectivity index (χ1v) is 7.45. The number of likely N-dealkylation sites (N-methyl/N-ethyl adjacent to an activating group) is 1. The Balaban J connectivity index is 2.86. The molecule has 0 aliphatic rings. The highest BCUT2D eigenvalue weighted by atomic mass is 19.1. The summed E-state index contributed by atoms with van der Waals surface area (Å²) in [5.41, 5.74) is 1.38. The maximum Gasteiger partial charge on any atom is 0.239 e. The maximum absolute atomic E-state index is 14.3. The van der Waals surface area contributed by atoms with E-state index in [4.69, 9.17) is 0 Å². The van der Waals surface area contributed by atoms with Gasteiger partial charge in [-0.3, -0.25) is 4.79 Å². The number of carbonyl (C=O) groups excluding carboxylic acids is 1. The van der Waals surface area contributed by atoms with E-state index in [0.717, 1.165) is 12.0 Å².